The van der Waals surface area contributed by atoms with Crippen LogP contribution >= 0.6 is 0 Å². The summed E-state index contributed by atoms with van der Waals surface area (Å²) in [6.45, 7) is 3.24. The summed E-state index contributed by atoms with van der Waals surface area (Å²) in [5, 5.41) is 22.7. The Morgan fingerprint density at radius 3 is 2.51 bits per heavy atom. The smallest absolute Gasteiger partial charge is 0.253 e. The van der Waals surface area contributed by atoms with Gasteiger partial charge in [0.05, 0.1) is 32.0 Å². The molecule has 1 aliphatic heterocycles. The molecular weight excluding hydrogens is 518 g/mol. The maximum Gasteiger partial charge on any atom is 0.253 e. The van der Waals surface area contributed by atoms with Gasteiger partial charge >= 0.3 is 0 Å². The van der Waals surface area contributed by atoms with Crippen LogP contribution in [0.1, 0.15) is 25.5 Å². The monoisotopic (exact) mass is 549 g/mol. The van der Waals surface area contributed by atoms with Gasteiger partial charge in [-0.25, -0.2) is 0 Å². The van der Waals surface area contributed by atoms with Crippen molar-refractivity contribution < 1.29 is 19.0 Å². The molecule has 2 fully saturated rings. The molecule has 1 saturated heterocycles. The number of nitriles is 1. The van der Waals surface area contributed by atoms with Gasteiger partial charge in [0.1, 0.15) is 24.2 Å². The highest BCUT2D eigenvalue weighted by Gasteiger charge is 2.29. The number of nitrogens with one attached hydrogen (secondary N) is 1. The van der Waals surface area contributed by atoms with Gasteiger partial charge < -0.3 is 24.4 Å². The molecule has 1 aliphatic carbocycles. The molecular formula is C32H31N5O4. The molecule has 0 spiro atoms. The van der Waals surface area contributed by atoms with E-state index in [-0.39, 0.29) is 18.6 Å². The van der Waals surface area contributed by atoms with Crippen LogP contribution in [0.4, 0.5) is 11.4 Å². The van der Waals surface area contributed by atoms with Crippen molar-refractivity contribution in [2.24, 2.45) is 5.92 Å². The van der Waals surface area contributed by atoms with Crippen LogP contribution in [0.15, 0.2) is 54.6 Å². The zero-order valence-corrected chi connectivity index (χ0v) is 23.3. The van der Waals surface area contributed by atoms with Gasteiger partial charge in [0.2, 0.25) is 0 Å². The molecule has 2 heterocycles. The van der Waals surface area contributed by atoms with E-state index in [9.17, 15) is 10.1 Å². The topological polar surface area (TPSA) is 110 Å². The van der Waals surface area contributed by atoms with Crippen molar-refractivity contribution in [1.82, 2.24) is 10.2 Å². The van der Waals surface area contributed by atoms with Crippen LogP contribution < -0.4 is 19.7 Å². The summed E-state index contributed by atoms with van der Waals surface area (Å²) in [5.41, 5.74) is 6.11. The normalized spacial score (nSPS) is 15.9. The fourth-order valence-corrected chi connectivity index (χ4v) is 5.42. The number of benzene rings is 3. The lowest BCUT2D eigenvalue weighted by Crippen LogP contribution is -2.41. The number of amides is 1. The molecule has 1 N–H and O–H groups in total. The summed E-state index contributed by atoms with van der Waals surface area (Å²) in [5.74, 6) is 1.92. The fourth-order valence-electron chi connectivity index (χ4n) is 5.42. The molecule has 4 aromatic rings. The van der Waals surface area contributed by atoms with Crippen LogP contribution in [0, 0.1) is 17.2 Å². The summed E-state index contributed by atoms with van der Waals surface area (Å²) in [4.78, 5) is 14.1. The van der Waals surface area contributed by atoms with E-state index < -0.39 is 0 Å². The van der Waals surface area contributed by atoms with Gasteiger partial charge in [-0.05, 0) is 73.2 Å². The first-order valence-electron chi connectivity index (χ1n) is 13.7. The third-order valence-corrected chi connectivity index (χ3v) is 7.87. The van der Waals surface area contributed by atoms with Crippen molar-refractivity contribution in [3.05, 3.63) is 60.3 Å². The van der Waals surface area contributed by atoms with Gasteiger partial charge in [-0.2, -0.15) is 5.26 Å². The second-order valence-corrected chi connectivity index (χ2v) is 10.4. The lowest BCUT2D eigenvalue weighted by Gasteiger charge is -2.27. The first kappa shape index (κ1) is 26.5. The highest BCUT2D eigenvalue weighted by atomic mass is 16.5. The quantitative estimate of drug-likeness (QED) is 0.310. The Morgan fingerprint density at radius 2 is 1.78 bits per heavy atom. The van der Waals surface area contributed by atoms with Crippen LogP contribution in [-0.2, 0) is 9.53 Å². The Bertz CT molecular complexity index is 1680. The molecule has 3 aromatic carbocycles. The SMILES string of the molecule is COc1cc(N2CCOCC2=O)ccc1-c1ccc(OC)c(-c2ccc3c(NC(C)C4CC4)c(C#N)nnc3c2)c1. The molecule has 41 heavy (non-hydrogen) atoms. The minimum Gasteiger partial charge on any atom is -0.496 e. The minimum absolute atomic E-state index is 0.0700. The molecule has 1 atom stereocenters. The molecule has 9 heteroatoms. The summed E-state index contributed by atoms with van der Waals surface area (Å²) in [6.07, 6.45) is 2.40. The second kappa shape index (κ2) is 11.1. The Hall–Kier alpha value is -4.68. The van der Waals surface area contributed by atoms with Gasteiger partial charge in [0, 0.05) is 40.9 Å². The van der Waals surface area contributed by atoms with Crippen molar-refractivity contribution in [1.29, 1.82) is 5.26 Å². The van der Waals surface area contributed by atoms with Crippen LogP contribution in [0.2, 0.25) is 0 Å². The zero-order valence-electron chi connectivity index (χ0n) is 23.3. The Labute approximate surface area is 238 Å². The van der Waals surface area contributed by atoms with Gasteiger partial charge in [-0.15, -0.1) is 10.2 Å². The van der Waals surface area contributed by atoms with Crippen LogP contribution in [0.5, 0.6) is 11.5 Å². The zero-order chi connectivity index (χ0) is 28.5. The lowest BCUT2D eigenvalue weighted by atomic mass is 9.96. The summed E-state index contributed by atoms with van der Waals surface area (Å²) in [7, 11) is 3.27. The van der Waals surface area contributed by atoms with E-state index in [0.717, 1.165) is 39.0 Å². The Kier molecular flexibility index (Phi) is 7.16. The predicted octanol–water partition coefficient (Wildman–Crippen LogP) is 5.43. The average Bonchev–Trinajstić information content (AvgIpc) is 3.86. The van der Waals surface area contributed by atoms with E-state index in [2.05, 4.69) is 34.6 Å². The number of carbonyl (C=O) groups is 1. The largest absolute Gasteiger partial charge is 0.496 e. The highest BCUT2D eigenvalue weighted by Crippen LogP contribution is 2.41. The number of nitrogens with zero attached hydrogens (tertiary/aromatic N) is 4. The molecule has 2 aliphatic rings. The fraction of sp³-hybridized carbons (Fsp3) is 0.312. The number of hydrogen-bond acceptors (Lipinski definition) is 8. The first-order valence-corrected chi connectivity index (χ1v) is 13.7. The van der Waals surface area contributed by atoms with Crippen molar-refractivity contribution in [2.45, 2.75) is 25.8 Å². The van der Waals surface area contributed by atoms with E-state index in [4.69, 9.17) is 14.2 Å². The predicted molar refractivity (Wildman–Crippen MR) is 157 cm³/mol. The van der Waals surface area contributed by atoms with E-state index in [1.165, 1.54) is 12.8 Å². The highest BCUT2D eigenvalue weighted by molar-refractivity contribution is 5.97. The summed E-state index contributed by atoms with van der Waals surface area (Å²) < 4.78 is 16.8. The van der Waals surface area contributed by atoms with Crippen LogP contribution in [0.3, 0.4) is 0 Å². The van der Waals surface area contributed by atoms with Crippen molar-refractivity contribution in [3.8, 4) is 39.8 Å². The van der Waals surface area contributed by atoms with Gasteiger partial charge in [0.25, 0.3) is 5.91 Å². The average molecular weight is 550 g/mol. The van der Waals surface area contributed by atoms with Gasteiger partial charge in [-0.1, -0.05) is 12.1 Å². The van der Waals surface area contributed by atoms with E-state index in [1.54, 1.807) is 19.1 Å². The number of fused-ring (bicyclic) bond motifs is 1. The molecule has 6 rings (SSSR count). The van der Waals surface area contributed by atoms with Crippen molar-refractivity contribution in [2.75, 3.05) is 44.2 Å². The Morgan fingerprint density at radius 1 is 1.00 bits per heavy atom. The molecule has 1 saturated carbocycles. The number of ether oxygens (including phenoxy) is 3. The maximum absolute atomic E-state index is 12.4. The summed E-state index contributed by atoms with van der Waals surface area (Å²) in [6, 6.07) is 20.2. The number of aromatic nitrogens is 2. The molecule has 1 amide bonds. The molecule has 9 nitrogen and oxygen atoms in total. The molecule has 1 aromatic heterocycles. The number of hydrogen-bond donors (Lipinski definition) is 1. The van der Waals surface area contributed by atoms with Crippen LogP contribution in [-0.4, -0.2) is 56.1 Å². The van der Waals surface area contributed by atoms with E-state index in [1.807, 2.05) is 48.5 Å². The first-order chi connectivity index (χ1) is 20.0. The lowest BCUT2D eigenvalue weighted by molar-refractivity contribution is -0.125. The van der Waals surface area contributed by atoms with E-state index in [0.29, 0.717) is 41.8 Å². The van der Waals surface area contributed by atoms with Crippen molar-refractivity contribution in [3.63, 3.8) is 0 Å². The summed E-state index contributed by atoms with van der Waals surface area (Å²) >= 11 is 0. The molecule has 0 bridgehead atoms. The standard InChI is InChI=1S/C32H31N5O4/c1-19(20-4-5-20)34-32-25-9-6-22(15-27(25)35-36-28(32)17-33)26-14-21(7-11-29(26)39-2)24-10-8-23(16-30(24)40-3)37-12-13-41-18-31(37)38/h6-11,14-16,19-20H,4-5,12-13,18H2,1-3H3,(H,34,35). The molecule has 1 unspecified atom stereocenters. The number of rotatable bonds is 8. The third kappa shape index (κ3) is 5.14. The second-order valence-electron chi connectivity index (χ2n) is 10.4. The van der Waals surface area contributed by atoms with Crippen molar-refractivity contribution >= 4 is 28.2 Å². The van der Waals surface area contributed by atoms with Gasteiger partial charge in [-0.3, -0.25) is 4.79 Å². The number of carbonyl (C=O) groups excluding carboxylic acids is 1. The minimum atomic E-state index is -0.0700. The third-order valence-electron chi connectivity index (χ3n) is 7.87. The number of anilines is 2. The molecule has 208 valence electrons. The van der Waals surface area contributed by atoms with Gasteiger partial charge in [0.15, 0.2) is 5.69 Å². The van der Waals surface area contributed by atoms with Crippen LogP contribution in [0.25, 0.3) is 33.2 Å². The maximum atomic E-state index is 12.4. The molecule has 0 radical (unpaired) electrons. The number of morpholine rings is 1. The number of methoxy groups -OCH3 is 2. The van der Waals surface area contributed by atoms with E-state index >= 15 is 0 Å². The Balaban J connectivity index is 1.39.